The molecule has 28 heavy (non-hydrogen) atoms. The van der Waals surface area contributed by atoms with Gasteiger partial charge in [-0.15, -0.1) is 0 Å². The van der Waals surface area contributed by atoms with Crippen molar-refractivity contribution >= 4 is 11.4 Å². The van der Waals surface area contributed by atoms with Gasteiger partial charge in [0.15, 0.2) is 0 Å². The number of benzene rings is 4. The van der Waals surface area contributed by atoms with Crippen molar-refractivity contribution in [3.63, 3.8) is 0 Å². The summed E-state index contributed by atoms with van der Waals surface area (Å²) < 4.78 is 11.2. The second-order valence-electron chi connectivity index (χ2n) is 5.97. The van der Waals surface area contributed by atoms with Crippen molar-refractivity contribution < 1.29 is 9.47 Å². The van der Waals surface area contributed by atoms with Gasteiger partial charge in [-0.05, 0) is 60.7 Å². The normalized spacial score (nSPS) is 9.71. The lowest BCUT2D eigenvalue weighted by atomic mass is 10.3. The van der Waals surface area contributed by atoms with Gasteiger partial charge in [0.25, 0.3) is 0 Å². The number of anilines is 2. The maximum Gasteiger partial charge on any atom is 0.129 e. The van der Waals surface area contributed by atoms with Gasteiger partial charge in [0.2, 0.25) is 0 Å². The van der Waals surface area contributed by atoms with Crippen LogP contribution in [-0.2, 0) is 0 Å². The Bertz CT molecular complexity index is 972. The van der Waals surface area contributed by atoms with Gasteiger partial charge in [-0.25, -0.2) is 0 Å². The first-order chi connectivity index (χ1) is 13.7. The molecule has 4 heteroatoms. The summed E-state index contributed by atoms with van der Waals surface area (Å²) in [7, 11) is 0. The Balaban J connectivity index is 0.000000161. The Kier molecular flexibility index (Phi) is 6.53. The molecule has 0 unspecified atom stereocenters. The predicted octanol–water partition coefficient (Wildman–Crippen LogP) is 6.12. The molecule has 0 saturated carbocycles. The van der Waals surface area contributed by atoms with Crippen LogP contribution in [0.5, 0.6) is 23.0 Å². The third kappa shape index (κ3) is 6.11. The molecular weight excluding hydrogens is 348 g/mol. The summed E-state index contributed by atoms with van der Waals surface area (Å²) in [6.45, 7) is 0. The molecule has 0 fully saturated rings. The highest BCUT2D eigenvalue weighted by Crippen LogP contribution is 2.22. The van der Waals surface area contributed by atoms with Gasteiger partial charge in [-0.3, -0.25) is 0 Å². The zero-order chi connectivity index (χ0) is 19.6. The van der Waals surface area contributed by atoms with E-state index in [1.165, 1.54) is 0 Å². The first-order valence-electron chi connectivity index (χ1n) is 8.86. The Morgan fingerprint density at radius 3 is 1.39 bits per heavy atom. The van der Waals surface area contributed by atoms with Crippen molar-refractivity contribution in [1.29, 1.82) is 0 Å². The standard InChI is InChI=1S/2C12H11NO/c13-10-5-4-8-12(9-10)14-11-6-2-1-3-7-11;13-10-6-8-12(9-7-10)14-11-4-2-1-3-5-11/h2*1-9H,13H2. The lowest BCUT2D eigenvalue weighted by Gasteiger charge is -2.05. The fraction of sp³-hybridized carbons (Fsp3) is 0. The van der Waals surface area contributed by atoms with E-state index in [2.05, 4.69) is 0 Å². The molecule has 140 valence electrons. The summed E-state index contributed by atoms with van der Waals surface area (Å²) in [5.74, 6) is 3.21. The third-order valence-electron chi connectivity index (χ3n) is 3.70. The summed E-state index contributed by atoms with van der Waals surface area (Å²) in [5, 5.41) is 0. The monoisotopic (exact) mass is 370 g/mol. The molecule has 0 atom stereocenters. The predicted molar refractivity (Wildman–Crippen MR) is 115 cm³/mol. The molecule has 4 N–H and O–H groups in total. The van der Waals surface area contributed by atoms with Crippen LogP contribution in [-0.4, -0.2) is 0 Å². The highest BCUT2D eigenvalue weighted by Gasteiger charge is 1.96. The molecule has 0 heterocycles. The highest BCUT2D eigenvalue weighted by molar-refractivity contribution is 5.45. The molecule has 0 saturated heterocycles. The van der Waals surface area contributed by atoms with Crippen LogP contribution in [0.3, 0.4) is 0 Å². The molecule has 0 aromatic heterocycles. The molecule has 0 aliphatic heterocycles. The van der Waals surface area contributed by atoms with Crippen LogP contribution in [0, 0.1) is 0 Å². The van der Waals surface area contributed by atoms with E-state index in [0.717, 1.165) is 28.7 Å². The molecule has 4 aromatic carbocycles. The third-order valence-corrected chi connectivity index (χ3v) is 3.70. The van der Waals surface area contributed by atoms with Gasteiger partial charge in [-0.2, -0.15) is 0 Å². The molecule has 4 rings (SSSR count). The largest absolute Gasteiger partial charge is 0.457 e. The summed E-state index contributed by atoms with van der Waals surface area (Å²) in [5.41, 5.74) is 12.6. The van der Waals surface area contributed by atoms with E-state index < -0.39 is 0 Å². The Morgan fingerprint density at radius 1 is 0.393 bits per heavy atom. The van der Waals surface area contributed by atoms with E-state index in [1.807, 2.05) is 103 Å². The number of nitrogens with two attached hydrogens (primary N) is 2. The van der Waals surface area contributed by atoms with Gasteiger partial charge < -0.3 is 20.9 Å². The number of hydrogen-bond donors (Lipinski definition) is 2. The Hall–Kier alpha value is -3.92. The average Bonchev–Trinajstić information content (AvgIpc) is 2.72. The minimum absolute atomic E-state index is 0.707. The first-order valence-corrected chi connectivity index (χ1v) is 8.86. The van der Waals surface area contributed by atoms with Gasteiger partial charge in [0.1, 0.15) is 23.0 Å². The summed E-state index contributed by atoms with van der Waals surface area (Å²) in [6.07, 6.45) is 0. The number of nitrogen functional groups attached to an aromatic ring is 2. The van der Waals surface area contributed by atoms with Gasteiger partial charge in [0, 0.05) is 17.4 Å². The number of hydrogen-bond acceptors (Lipinski definition) is 4. The lowest BCUT2D eigenvalue weighted by Crippen LogP contribution is -1.86. The van der Waals surface area contributed by atoms with Gasteiger partial charge in [-0.1, -0.05) is 42.5 Å². The van der Waals surface area contributed by atoms with Crippen LogP contribution in [0.15, 0.2) is 109 Å². The van der Waals surface area contributed by atoms with Crippen molar-refractivity contribution in [2.24, 2.45) is 0 Å². The quantitative estimate of drug-likeness (QED) is 0.424. The van der Waals surface area contributed by atoms with Crippen LogP contribution in [0.2, 0.25) is 0 Å². The zero-order valence-corrected chi connectivity index (χ0v) is 15.4. The van der Waals surface area contributed by atoms with E-state index in [4.69, 9.17) is 20.9 Å². The molecule has 0 aliphatic carbocycles. The summed E-state index contributed by atoms with van der Waals surface area (Å²) >= 11 is 0. The van der Waals surface area contributed by atoms with Crippen molar-refractivity contribution in [3.05, 3.63) is 109 Å². The number of ether oxygens (including phenoxy) is 2. The molecule has 4 aromatic rings. The molecule has 4 nitrogen and oxygen atoms in total. The Labute approximate surface area is 165 Å². The molecule has 0 radical (unpaired) electrons. The average molecular weight is 370 g/mol. The van der Waals surface area contributed by atoms with Crippen LogP contribution in [0.25, 0.3) is 0 Å². The van der Waals surface area contributed by atoms with Gasteiger partial charge >= 0.3 is 0 Å². The van der Waals surface area contributed by atoms with Crippen molar-refractivity contribution in [2.75, 3.05) is 11.5 Å². The zero-order valence-electron chi connectivity index (χ0n) is 15.4. The van der Waals surface area contributed by atoms with Gasteiger partial charge in [0.05, 0.1) is 0 Å². The number of para-hydroxylation sites is 2. The Morgan fingerprint density at radius 2 is 0.857 bits per heavy atom. The van der Waals surface area contributed by atoms with E-state index in [0.29, 0.717) is 5.69 Å². The van der Waals surface area contributed by atoms with Crippen LogP contribution in [0.1, 0.15) is 0 Å². The first kappa shape index (κ1) is 18.9. The fourth-order valence-corrected chi connectivity index (χ4v) is 2.36. The van der Waals surface area contributed by atoms with Crippen molar-refractivity contribution in [3.8, 4) is 23.0 Å². The highest BCUT2D eigenvalue weighted by atomic mass is 16.5. The molecule has 0 aliphatic rings. The molecule has 0 spiro atoms. The summed E-state index contributed by atoms with van der Waals surface area (Å²) in [4.78, 5) is 0. The molecular formula is C24H22N2O2. The van der Waals surface area contributed by atoms with Crippen molar-refractivity contribution in [1.82, 2.24) is 0 Å². The molecule has 0 amide bonds. The molecule has 0 bridgehead atoms. The SMILES string of the molecule is Nc1ccc(Oc2ccccc2)cc1.Nc1cccc(Oc2ccccc2)c1. The maximum absolute atomic E-state index is 5.63. The van der Waals surface area contributed by atoms with Crippen LogP contribution >= 0.6 is 0 Å². The second-order valence-corrected chi connectivity index (χ2v) is 5.97. The van der Waals surface area contributed by atoms with Crippen molar-refractivity contribution in [2.45, 2.75) is 0 Å². The second kappa shape index (κ2) is 9.69. The number of rotatable bonds is 4. The van der Waals surface area contributed by atoms with E-state index in [1.54, 1.807) is 6.07 Å². The minimum Gasteiger partial charge on any atom is -0.457 e. The smallest absolute Gasteiger partial charge is 0.129 e. The van der Waals surface area contributed by atoms with E-state index in [-0.39, 0.29) is 0 Å². The lowest BCUT2D eigenvalue weighted by molar-refractivity contribution is 0.482. The minimum atomic E-state index is 0.707. The van der Waals surface area contributed by atoms with E-state index >= 15 is 0 Å². The van der Waals surface area contributed by atoms with E-state index in [9.17, 15) is 0 Å². The topological polar surface area (TPSA) is 70.5 Å². The van der Waals surface area contributed by atoms with Crippen LogP contribution < -0.4 is 20.9 Å². The maximum atomic E-state index is 5.63. The summed E-state index contributed by atoms with van der Waals surface area (Å²) in [6, 6.07) is 34.0. The fourth-order valence-electron chi connectivity index (χ4n) is 2.36. The van der Waals surface area contributed by atoms with Crippen LogP contribution in [0.4, 0.5) is 11.4 Å².